The van der Waals surface area contributed by atoms with E-state index in [2.05, 4.69) is 15.9 Å². The molecule has 0 heterocycles. The van der Waals surface area contributed by atoms with Crippen molar-refractivity contribution in [1.29, 1.82) is 0 Å². The number of hydrogen-bond donors (Lipinski definition) is 1. The van der Waals surface area contributed by atoms with Crippen LogP contribution in [0.3, 0.4) is 0 Å². The summed E-state index contributed by atoms with van der Waals surface area (Å²) in [6.45, 7) is 1.97. The fourth-order valence-electron chi connectivity index (χ4n) is 1.36. The van der Waals surface area contributed by atoms with Crippen molar-refractivity contribution >= 4 is 27.8 Å². The molecule has 0 aliphatic carbocycles. The third-order valence-corrected chi connectivity index (χ3v) is 2.98. The van der Waals surface area contributed by atoms with Crippen molar-refractivity contribution < 1.29 is 24.2 Å². The smallest absolute Gasteiger partial charge is 0.335 e. The predicted octanol–water partition coefficient (Wildman–Crippen LogP) is 2.01. The summed E-state index contributed by atoms with van der Waals surface area (Å²) in [6.07, 6.45) is 0. The maximum absolute atomic E-state index is 11.5. The van der Waals surface area contributed by atoms with Crippen LogP contribution in [0.15, 0.2) is 16.6 Å². The molecule has 0 fully saturated rings. The van der Waals surface area contributed by atoms with Crippen LogP contribution in [0.25, 0.3) is 0 Å². The van der Waals surface area contributed by atoms with E-state index in [1.54, 1.807) is 21.0 Å². The van der Waals surface area contributed by atoms with Gasteiger partial charge in [0.15, 0.2) is 18.1 Å². The number of hydrogen-bond acceptors (Lipinski definition) is 4. The van der Waals surface area contributed by atoms with E-state index in [0.717, 1.165) is 0 Å². The van der Waals surface area contributed by atoms with Crippen molar-refractivity contribution in [3.05, 3.63) is 22.2 Å². The SMILES string of the molecule is CCOc1cc(C(=O)O)cc(Br)c1OCC(=O)N(C)C. The van der Waals surface area contributed by atoms with Gasteiger partial charge in [0.2, 0.25) is 0 Å². The Morgan fingerprint density at radius 2 is 1.95 bits per heavy atom. The zero-order valence-corrected chi connectivity index (χ0v) is 13.1. The molecule has 1 amide bonds. The summed E-state index contributed by atoms with van der Waals surface area (Å²) in [4.78, 5) is 23.9. The monoisotopic (exact) mass is 345 g/mol. The van der Waals surface area contributed by atoms with E-state index in [-0.39, 0.29) is 23.8 Å². The summed E-state index contributed by atoms with van der Waals surface area (Å²) in [6, 6.07) is 2.77. The molecule has 0 unspecified atom stereocenters. The molecule has 0 saturated carbocycles. The zero-order chi connectivity index (χ0) is 15.3. The van der Waals surface area contributed by atoms with Gasteiger partial charge in [0, 0.05) is 14.1 Å². The molecule has 0 radical (unpaired) electrons. The molecule has 0 atom stereocenters. The van der Waals surface area contributed by atoms with Gasteiger partial charge >= 0.3 is 5.97 Å². The Bertz CT molecular complexity index is 516. The molecule has 1 N–H and O–H groups in total. The second kappa shape index (κ2) is 7.14. The highest BCUT2D eigenvalue weighted by Crippen LogP contribution is 2.37. The van der Waals surface area contributed by atoms with Crippen LogP contribution in [0, 0.1) is 0 Å². The summed E-state index contributed by atoms with van der Waals surface area (Å²) < 4.78 is 11.2. The van der Waals surface area contributed by atoms with Crippen molar-refractivity contribution in [3.63, 3.8) is 0 Å². The number of nitrogens with zero attached hydrogens (tertiary/aromatic N) is 1. The van der Waals surface area contributed by atoms with Crippen LogP contribution in [0.1, 0.15) is 17.3 Å². The van der Waals surface area contributed by atoms with E-state index >= 15 is 0 Å². The average molecular weight is 346 g/mol. The fourth-order valence-corrected chi connectivity index (χ4v) is 1.91. The topological polar surface area (TPSA) is 76.1 Å². The van der Waals surface area contributed by atoms with Gasteiger partial charge in [-0.05, 0) is 35.0 Å². The van der Waals surface area contributed by atoms with Crippen LogP contribution < -0.4 is 9.47 Å². The number of aromatic carboxylic acids is 1. The molecule has 0 spiro atoms. The summed E-state index contributed by atoms with van der Waals surface area (Å²) in [5.41, 5.74) is 0.0756. The second-order valence-electron chi connectivity index (χ2n) is 4.10. The first kappa shape index (κ1) is 16.3. The number of carboxylic acid groups (broad SMARTS) is 1. The third kappa shape index (κ3) is 4.12. The molecule has 110 valence electrons. The molecule has 20 heavy (non-hydrogen) atoms. The van der Waals surface area contributed by atoms with Gasteiger partial charge in [0.05, 0.1) is 16.6 Å². The van der Waals surface area contributed by atoms with Crippen LogP contribution >= 0.6 is 15.9 Å². The Kier molecular flexibility index (Phi) is 5.82. The number of halogens is 1. The van der Waals surface area contributed by atoms with E-state index in [1.807, 2.05) is 0 Å². The molecule has 7 heteroatoms. The van der Waals surface area contributed by atoms with E-state index < -0.39 is 5.97 Å². The first-order valence-corrected chi connectivity index (χ1v) is 6.68. The normalized spacial score (nSPS) is 10.0. The number of rotatable bonds is 6. The molecule has 6 nitrogen and oxygen atoms in total. The predicted molar refractivity (Wildman–Crippen MR) is 76.5 cm³/mol. The van der Waals surface area contributed by atoms with E-state index in [0.29, 0.717) is 16.8 Å². The maximum Gasteiger partial charge on any atom is 0.335 e. The van der Waals surface area contributed by atoms with Gasteiger partial charge in [-0.3, -0.25) is 4.79 Å². The second-order valence-corrected chi connectivity index (χ2v) is 4.95. The lowest BCUT2D eigenvalue weighted by molar-refractivity contribution is -0.130. The minimum Gasteiger partial charge on any atom is -0.490 e. The first-order chi connectivity index (χ1) is 9.36. The molecule has 1 rings (SSSR count). The highest BCUT2D eigenvalue weighted by atomic mass is 79.9. The number of carbonyl (C=O) groups excluding carboxylic acids is 1. The van der Waals surface area contributed by atoms with Crippen LogP contribution in [-0.4, -0.2) is 49.2 Å². The molecular formula is C13H16BrNO5. The van der Waals surface area contributed by atoms with Gasteiger partial charge in [0.25, 0.3) is 5.91 Å². The Hall–Kier alpha value is -1.76. The van der Waals surface area contributed by atoms with E-state index in [1.165, 1.54) is 17.0 Å². The van der Waals surface area contributed by atoms with E-state index in [4.69, 9.17) is 14.6 Å². The Morgan fingerprint density at radius 3 is 2.45 bits per heavy atom. The number of benzene rings is 1. The van der Waals surface area contributed by atoms with Crippen LogP contribution in [-0.2, 0) is 4.79 Å². The Morgan fingerprint density at radius 1 is 1.30 bits per heavy atom. The van der Waals surface area contributed by atoms with Gasteiger partial charge < -0.3 is 19.5 Å². The van der Waals surface area contributed by atoms with Gasteiger partial charge in [-0.2, -0.15) is 0 Å². The highest BCUT2D eigenvalue weighted by molar-refractivity contribution is 9.10. The highest BCUT2D eigenvalue weighted by Gasteiger charge is 2.17. The number of amides is 1. The van der Waals surface area contributed by atoms with Crippen molar-refractivity contribution in [1.82, 2.24) is 4.90 Å². The lowest BCUT2D eigenvalue weighted by atomic mass is 10.2. The van der Waals surface area contributed by atoms with Crippen LogP contribution in [0.2, 0.25) is 0 Å². The van der Waals surface area contributed by atoms with Gasteiger partial charge in [-0.25, -0.2) is 4.79 Å². The number of likely N-dealkylation sites (N-methyl/N-ethyl adjacent to an activating group) is 1. The molecule has 1 aromatic rings. The van der Waals surface area contributed by atoms with Crippen molar-refractivity contribution in [2.45, 2.75) is 6.92 Å². The van der Waals surface area contributed by atoms with E-state index in [9.17, 15) is 9.59 Å². The molecule has 0 saturated heterocycles. The van der Waals surface area contributed by atoms with Gasteiger partial charge in [-0.1, -0.05) is 0 Å². The standard InChI is InChI=1S/C13H16BrNO5/c1-4-19-10-6-8(13(17)18)5-9(14)12(10)20-7-11(16)15(2)3/h5-6H,4,7H2,1-3H3,(H,17,18). The average Bonchev–Trinajstić information content (AvgIpc) is 2.37. The lowest BCUT2D eigenvalue weighted by Crippen LogP contribution is -2.27. The summed E-state index contributed by atoms with van der Waals surface area (Å²) in [5.74, 6) is -0.679. The third-order valence-electron chi connectivity index (χ3n) is 2.40. The van der Waals surface area contributed by atoms with Crippen molar-refractivity contribution in [3.8, 4) is 11.5 Å². The van der Waals surface area contributed by atoms with Crippen molar-refractivity contribution in [2.75, 3.05) is 27.3 Å². The summed E-state index contributed by atoms with van der Waals surface area (Å²) in [7, 11) is 3.25. The van der Waals surface area contributed by atoms with Gasteiger partial charge in [0.1, 0.15) is 0 Å². The number of carboxylic acids is 1. The maximum atomic E-state index is 11.5. The minimum absolute atomic E-state index is 0.0756. The van der Waals surface area contributed by atoms with Crippen LogP contribution in [0.5, 0.6) is 11.5 Å². The van der Waals surface area contributed by atoms with Gasteiger partial charge in [-0.15, -0.1) is 0 Å². The van der Waals surface area contributed by atoms with Crippen molar-refractivity contribution in [2.24, 2.45) is 0 Å². The molecule has 0 aliphatic rings. The first-order valence-electron chi connectivity index (χ1n) is 5.89. The molecular weight excluding hydrogens is 330 g/mol. The largest absolute Gasteiger partial charge is 0.490 e. The molecule has 1 aromatic carbocycles. The molecule has 0 aromatic heterocycles. The lowest BCUT2D eigenvalue weighted by Gasteiger charge is -2.16. The molecule has 0 bridgehead atoms. The van der Waals surface area contributed by atoms with Crippen LogP contribution in [0.4, 0.5) is 0 Å². The minimum atomic E-state index is -1.07. The molecule has 0 aliphatic heterocycles. The fraction of sp³-hybridized carbons (Fsp3) is 0.385. The Balaban J connectivity index is 3.04. The quantitative estimate of drug-likeness (QED) is 0.853. The summed E-state index contributed by atoms with van der Waals surface area (Å²) >= 11 is 3.23. The number of carbonyl (C=O) groups is 2. The summed E-state index contributed by atoms with van der Waals surface area (Å²) in [5, 5.41) is 9.01. The Labute approximate surface area is 125 Å². The zero-order valence-electron chi connectivity index (χ0n) is 11.5. The number of ether oxygens (including phenoxy) is 2.